The van der Waals surface area contributed by atoms with E-state index in [4.69, 9.17) is 0 Å². The van der Waals surface area contributed by atoms with E-state index in [0.717, 1.165) is 11.3 Å². The summed E-state index contributed by atoms with van der Waals surface area (Å²) in [5.74, 6) is 0.615. The first-order valence-corrected chi connectivity index (χ1v) is 8.73. The molecule has 0 aliphatic carbocycles. The zero-order valence-electron chi connectivity index (χ0n) is 13.0. The first-order chi connectivity index (χ1) is 11.6. The van der Waals surface area contributed by atoms with Crippen molar-refractivity contribution >= 4 is 15.8 Å². The second-order valence-corrected chi connectivity index (χ2v) is 6.77. The summed E-state index contributed by atoms with van der Waals surface area (Å²) in [6.45, 7) is 1.89. The van der Waals surface area contributed by atoms with Gasteiger partial charge in [-0.3, -0.25) is 0 Å². The Balaban J connectivity index is 1.78. The summed E-state index contributed by atoms with van der Waals surface area (Å²) < 4.78 is 29.5. The first-order valence-electron chi connectivity index (χ1n) is 7.29. The third kappa shape index (κ3) is 3.52. The molecule has 6 nitrogen and oxygen atoms in total. The molecule has 1 N–H and O–H groups in total. The number of aryl methyl sites for hydroxylation is 1. The van der Waals surface area contributed by atoms with Crippen LogP contribution in [0, 0.1) is 6.92 Å². The maximum atomic E-state index is 12.1. The molecule has 0 amide bonds. The van der Waals surface area contributed by atoms with Crippen LogP contribution in [0.25, 0.3) is 5.69 Å². The number of hydrogen-bond acceptors (Lipinski definition) is 3. The average Bonchev–Trinajstić information content (AvgIpc) is 3.04. The number of aromatic nitrogens is 1. The van der Waals surface area contributed by atoms with E-state index in [2.05, 4.69) is 15.2 Å². The van der Waals surface area contributed by atoms with E-state index in [-0.39, 0.29) is 4.90 Å². The average molecular weight is 340 g/mol. The van der Waals surface area contributed by atoms with Crippen molar-refractivity contribution in [2.75, 3.05) is 5.43 Å². The molecule has 0 fully saturated rings. The summed E-state index contributed by atoms with van der Waals surface area (Å²) in [6, 6.07) is 19.7. The summed E-state index contributed by atoms with van der Waals surface area (Å²) in [5, 5.41) is 3.64. The molecule has 0 aliphatic heterocycles. The lowest BCUT2D eigenvalue weighted by molar-refractivity contribution is 0.595. The Hall–Kier alpha value is -2.93. The second kappa shape index (κ2) is 6.67. The van der Waals surface area contributed by atoms with E-state index in [1.165, 1.54) is 12.1 Å². The van der Waals surface area contributed by atoms with Crippen LogP contribution in [-0.2, 0) is 10.0 Å². The predicted octanol–water partition coefficient (Wildman–Crippen LogP) is 3.95. The van der Waals surface area contributed by atoms with E-state index in [0.29, 0.717) is 5.82 Å². The molecule has 1 heterocycles. The first kappa shape index (κ1) is 15.9. The molecule has 0 spiro atoms. The summed E-state index contributed by atoms with van der Waals surface area (Å²) in [6.07, 6.45) is 1.85. The molecule has 0 bridgehead atoms. The smallest absolute Gasteiger partial charge is 0.301 e. The fourth-order valence-electron chi connectivity index (χ4n) is 2.17. The van der Waals surface area contributed by atoms with Gasteiger partial charge in [0.2, 0.25) is 0 Å². The number of para-hydroxylation sites is 1. The van der Waals surface area contributed by atoms with Crippen LogP contribution in [0.2, 0.25) is 0 Å². The number of anilines is 1. The molecule has 0 saturated heterocycles. The Kier molecular flexibility index (Phi) is 4.43. The summed E-state index contributed by atoms with van der Waals surface area (Å²) in [4.78, 5) is 0.108. The number of benzene rings is 2. The molecule has 0 atom stereocenters. The highest BCUT2D eigenvalue weighted by Gasteiger charge is 2.12. The SMILES string of the molecule is Cc1ccc(S(=O)(=O)N=NNc2cccn2-c2ccccc2)cc1. The monoisotopic (exact) mass is 340 g/mol. The van der Waals surface area contributed by atoms with Crippen molar-refractivity contribution in [3.63, 3.8) is 0 Å². The summed E-state index contributed by atoms with van der Waals surface area (Å²) in [5.41, 5.74) is 4.58. The lowest BCUT2D eigenvalue weighted by atomic mass is 10.2. The molecule has 24 heavy (non-hydrogen) atoms. The fourth-order valence-corrected chi connectivity index (χ4v) is 2.89. The van der Waals surface area contributed by atoms with Crippen LogP contribution in [0.5, 0.6) is 0 Å². The quantitative estimate of drug-likeness (QED) is 0.564. The summed E-state index contributed by atoms with van der Waals surface area (Å²) in [7, 11) is -3.82. The van der Waals surface area contributed by atoms with Gasteiger partial charge in [-0.1, -0.05) is 41.1 Å². The third-order valence-electron chi connectivity index (χ3n) is 3.41. The molecule has 0 aliphatic rings. The summed E-state index contributed by atoms with van der Waals surface area (Å²) >= 11 is 0. The zero-order valence-corrected chi connectivity index (χ0v) is 13.8. The second-order valence-electron chi connectivity index (χ2n) is 5.18. The topological polar surface area (TPSA) is 75.8 Å². The van der Waals surface area contributed by atoms with Gasteiger partial charge in [-0.15, -0.1) is 0 Å². The minimum absolute atomic E-state index is 0.108. The standard InChI is InChI=1S/C17H16N4O2S/c1-14-9-11-16(12-10-14)24(22,23)20-19-18-17-8-5-13-21(17)15-6-3-2-4-7-15/h2-13H,1H3,(H,18,20). The maximum Gasteiger partial charge on any atom is 0.301 e. The Labute approximate surface area is 140 Å². The molecule has 122 valence electrons. The van der Waals surface area contributed by atoms with Gasteiger partial charge >= 0.3 is 10.0 Å². The molecule has 1 aromatic heterocycles. The van der Waals surface area contributed by atoms with E-state index < -0.39 is 10.0 Å². The lowest BCUT2D eigenvalue weighted by Gasteiger charge is -2.07. The normalized spacial score (nSPS) is 11.7. The minimum atomic E-state index is -3.82. The van der Waals surface area contributed by atoms with E-state index in [1.807, 2.05) is 54.1 Å². The third-order valence-corrected chi connectivity index (χ3v) is 4.58. The van der Waals surface area contributed by atoms with Crippen molar-refractivity contribution in [1.82, 2.24) is 4.57 Å². The van der Waals surface area contributed by atoms with Gasteiger partial charge in [0.25, 0.3) is 0 Å². The van der Waals surface area contributed by atoms with Crippen molar-refractivity contribution < 1.29 is 8.42 Å². The highest BCUT2D eigenvalue weighted by molar-refractivity contribution is 7.90. The van der Waals surface area contributed by atoms with Gasteiger partial charge in [0, 0.05) is 11.9 Å². The fraction of sp³-hybridized carbons (Fsp3) is 0.0588. The predicted molar refractivity (Wildman–Crippen MR) is 92.6 cm³/mol. The molecule has 3 rings (SSSR count). The zero-order chi connectivity index (χ0) is 17.0. The van der Waals surface area contributed by atoms with Crippen molar-refractivity contribution in [3.8, 4) is 5.69 Å². The van der Waals surface area contributed by atoms with Crippen LogP contribution >= 0.6 is 0 Å². The van der Waals surface area contributed by atoms with E-state index in [1.54, 1.807) is 18.2 Å². The van der Waals surface area contributed by atoms with Gasteiger partial charge in [0.1, 0.15) is 5.82 Å². The van der Waals surface area contributed by atoms with E-state index >= 15 is 0 Å². The van der Waals surface area contributed by atoms with Crippen LogP contribution in [0.3, 0.4) is 0 Å². The van der Waals surface area contributed by atoms with Gasteiger partial charge in [0.15, 0.2) is 0 Å². The van der Waals surface area contributed by atoms with Crippen LogP contribution in [0.1, 0.15) is 5.56 Å². The number of nitrogens with one attached hydrogen (secondary N) is 1. The van der Waals surface area contributed by atoms with Gasteiger partial charge in [0.05, 0.1) is 4.90 Å². The van der Waals surface area contributed by atoms with Crippen LogP contribution in [-0.4, -0.2) is 13.0 Å². The molecule has 2 aromatic carbocycles. The number of nitrogens with zero attached hydrogens (tertiary/aromatic N) is 3. The Morgan fingerprint density at radius 1 is 0.917 bits per heavy atom. The van der Waals surface area contributed by atoms with Crippen LogP contribution in [0.15, 0.2) is 87.6 Å². The highest BCUT2D eigenvalue weighted by atomic mass is 32.2. The molecule has 3 aromatic rings. The lowest BCUT2D eigenvalue weighted by Crippen LogP contribution is -2.00. The molecular weight excluding hydrogens is 324 g/mol. The maximum absolute atomic E-state index is 12.1. The Morgan fingerprint density at radius 3 is 2.33 bits per heavy atom. The van der Waals surface area contributed by atoms with Crippen LogP contribution < -0.4 is 5.43 Å². The Bertz CT molecular complexity index is 946. The van der Waals surface area contributed by atoms with Gasteiger partial charge in [-0.2, -0.15) is 8.42 Å². The molecule has 0 unspecified atom stereocenters. The highest BCUT2D eigenvalue weighted by Crippen LogP contribution is 2.18. The molecule has 0 saturated carbocycles. The van der Waals surface area contributed by atoms with Gasteiger partial charge in [-0.05, 0) is 47.8 Å². The number of rotatable bonds is 5. The molecular formula is C17H16N4O2S. The minimum Gasteiger partial charge on any atom is -0.302 e. The number of hydrogen-bond donors (Lipinski definition) is 1. The van der Waals surface area contributed by atoms with Gasteiger partial charge in [-0.25, -0.2) is 5.43 Å². The van der Waals surface area contributed by atoms with Gasteiger partial charge < -0.3 is 4.57 Å². The van der Waals surface area contributed by atoms with E-state index in [9.17, 15) is 8.42 Å². The van der Waals surface area contributed by atoms with Crippen molar-refractivity contribution in [3.05, 3.63) is 78.5 Å². The van der Waals surface area contributed by atoms with Crippen molar-refractivity contribution in [2.45, 2.75) is 11.8 Å². The molecule has 7 heteroatoms. The number of sulfonamides is 1. The van der Waals surface area contributed by atoms with Crippen molar-refractivity contribution in [1.29, 1.82) is 0 Å². The Morgan fingerprint density at radius 2 is 1.62 bits per heavy atom. The van der Waals surface area contributed by atoms with Crippen molar-refractivity contribution in [2.24, 2.45) is 9.74 Å². The molecule has 0 radical (unpaired) electrons. The van der Waals surface area contributed by atoms with Crippen LogP contribution in [0.4, 0.5) is 5.82 Å². The largest absolute Gasteiger partial charge is 0.302 e.